The second-order valence-corrected chi connectivity index (χ2v) is 7.29. The molecule has 1 fully saturated rings. The molecule has 1 aliphatic rings. The van der Waals surface area contributed by atoms with Crippen molar-refractivity contribution in [2.24, 2.45) is 0 Å². The maximum Gasteiger partial charge on any atom is 0.254 e. The number of halogens is 2. The maximum absolute atomic E-state index is 13.7. The maximum atomic E-state index is 13.7. The van der Waals surface area contributed by atoms with Crippen LogP contribution in [0.2, 0.25) is 0 Å². The van der Waals surface area contributed by atoms with Crippen molar-refractivity contribution in [3.05, 3.63) is 34.1 Å². The molecule has 1 atom stereocenters. The Morgan fingerprint density at radius 1 is 1.50 bits per heavy atom. The van der Waals surface area contributed by atoms with Gasteiger partial charge in [0.1, 0.15) is 5.82 Å². The van der Waals surface area contributed by atoms with Crippen LogP contribution < -0.4 is 5.32 Å². The summed E-state index contributed by atoms with van der Waals surface area (Å²) in [4.78, 5) is 11.9. The van der Waals surface area contributed by atoms with Crippen LogP contribution in [0.4, 0.5) is 4.39 Å². The molecule has 1 unspecified atom stereocenters. The van der Waals surface area contributed by atoms with Crippen molar-refractivity contribution in [2.45, 2.75) is 5.25 Å². The Hall–Kier alpha value is -0.200. The van der Waals surface area contributed by atoms with Gasteiger partial charge in [0.25, 0.3) is 5.91 Å². The highest BCUT2D eigenvalue weighted by Gasteiger charge is 2.17. The van der Waals surface area contributed by atoms with E-state index in [4.69, 9.17) is 0 Å². The molecule has 0 bridgehead atoms. The van der Waals surface area contributed by atoms with Crippen molar-refractivity contribution in [1.29, 1.82) is 0 Å². The number of thioether (sulfide) groups is 2. The molecule has 2 rings (SSSR count). The quantitative estimate of drug-likeness (QED) is 0.908. The first-order valence-corrected chi connectivity index (χ1v) is 8.59. The minimum atomic E-state index is -0.499. The van der Waals surface area contributed by atoms with Crippen molar-refractivity contribution in [1.82, 2.24) is 5.32 Å². The van der Waals surface area contributed by atoms with E-state index in [2.05, 4.69) is 21.2 Å². The number of nitrogens with one attached hydrogen (secondary N) is 1. The number of carbonyl (C=O) groups excluding carboxylic acids is 1. The highest BCUT2D eigenvalue weighted by atomic mass is 79.9. The van der Waals surface area contributed by atoms with Gasteiger partial charge in [0.2, 0.25) is 0 Å². The standard InChI is InChI=1S/C12H13BrFNOS2/c13-10-3-1-2-9(11(10)14)12(16)15-6-8-7-17-4-5-18-8/h1-3,8H,4-7H2,(H,15,16). The number of hydrogen-bond donors (Lipinski definition) is 1. The molecule has 0 aliphatic carbocycles. The molecular formula is C12H13BrFNOS2. The first kappa shape index (κ1) is 14.2. The van der Waals surface area contributed by atoms with Crippen LogP contribution in [0.5, 0.6) is 0 Å². The van der Waals surface area contributed by atoms with Gasteiger partial charge < -0.3 is 5.32 Å². The normalized spacial score (nSPS) is 19.6. The van der Waals surface area contributed by atoms with E-state index in [0.717, 1.165) is 11.5 Å². The van der Waals surface area contributed by atoms with Gasteiger partial charge in [-0.3, -0.25) is 4.79 Å². The lowest BCUT2D eigenvalue weighted by Gasteiger charge is -2.21. The van der Waals surface area contributed by atoms with Crippen LogP contribution in [0.15, 0.2) is 22.7 Å². The van der Waals surface area contributed by atoms with Crippen molar-refractivity contribution >= 4 is 45.4 Å². The Morgan fingerprint density at radius 2 is 2.33 bits per heavy atom. The van der Waals surface area contributed by atoms with Crippen LogP contribution in [0.25, 0.3) is 0 Å². The molecule has 2 nitrogen and oxygen atoms in total. The van der Waals surface area contributed by atoms with Gasteiger partial charge in [0, 0.05) is 29.1 Å². The summed E-state index contributed by atoms with van der Waals surface area (Å²) in [5.41, 5.74) is 0.0952. The van der Waals surface area contributed by atoms with Gasteiger partial charge in [0.15, 0.2) is 0 Å². The largest absolute Gasteiger partial charge is 0.351 e. The van der Waals surface area contributed by atoms with Crippen molar-refractivity contribution in [3.63, 3.8) is 0 Å². The fourth-order valence-electron chi connectivity index (χ4n) is 1.64. The summed E-state index contributed by atoms with van der Waals surface area (Å²) in [6, 6.07) is 4.74. The van der Waals surface area contributed by atoms with E-state index in [9.17, 15) is 9.18 Å². The fraction of sp³-hybridized carbons (Fsp3) is 0.417. The number of hydrogen-bond acceptors (Lipinski definition) is 3. The Kier molecular flexibility index (Phi) is 5.38. The minimum absolute atomic E-state index is 0.0952. The Labute approximate surface area is 123 Å². The molecule has 1 saturated heterocycles. The van der Waals surface area contributed by atoms with Gasteiger partial charge in [-0.1, -0.05) is 6.07 Å². The molecule has 1 aromatic carbocycles. The zero-order valence-corrected chi connectivity index (χ0v) is 12.8. The number of amides is 1. The highest BCUT2D eigenvalue weighted by Crippen LogP contribution is 2.23. The van der Waals surface area contributed by atoms with Crippen molar-refractivity contribution in [3.8, 4) is 0 Å². The number of carbonyl (C=O) groups is 1. The van der Waals surface area contributed by atoms with Gasteiger partial charge in [-0.25, -0.2) is 4.39 Å². The Bertz CT molecular complexity index is 438. The molecular weight excluding hydrogens is 337 g/mol. The first-order valence-electron chi connectivity index (χ1n) is 5.60. The summed E-state index contributed by atoms with van der Waals surface area (Å²) >= 11 is 6.85. The zero-order valence-electron chi connectivity index (χ0n) is 9.62. The smallest absolute Gasteiger partial charge is 0.254 e. The van der Waals surface area contributed by atoms with Crippen LogP contribution >= 0.6 is 39.5 Å². The van der Waals surface area contributed by atoms with E-state index in [1.165, 1.54) is 11.8 Å². The molecule has 1 N–H and O–H groups in total. The summed E-state index contributed by atoms with van der Waals surface area (Å²) < 4.78 is 14.0. The molecule has 0 saturated carbocycles. The van der Waals surface area contributed by atoms with Gasteiger partial charge >= 0.3 is 0 Å². The number of rotatable bonds is 3. The van der Waals surface area contributed by atoms with Crippen LogP contribution in [0, 0.1) is 5.82 Å². The third kappa shape index (κ3) is 3.65. The zero-order chi connectivity index (χ0) is 13.0. The van der Waals surface area contributed by atoms with E-state index in [1.54, 1.807) is 12.1 Å². The summed E-state index contributed by atoms with van der Waals surface area (Å²) in [6.45, 7) is 0.600. The summed E-state index contributed by atoms with van der Waals surface area (Å²) in [6.07, 6.45) is 0. The molecule has 0 aromatic heterocycles. The topological polar surface area (TPSA) is 29.1 Å². The Balaban J connectivity index is 1.93. The second kappa shape index (κ2) is 6.82. The molecule has 0 radical (unpaired) electrons. The summed E-state index contributed by atoms with van der Waals surface area (Å²) in [7, 11) is 0. The third-order valence-corrected chi connectivity index (χ3v) is 6.03. The second-order valence-electron chi connectivity index (χ2n) is 3.88. The lowest BCUT2D eigenvalue weighted by molar-refractivity contribution is 0.0950. The van der Waals surface area contributed by atoms with Crippen molar-refractivity contribution < 1.29 is 9.18 Å². The van der Waals surface area contributed by atoms with E-state index < -0.39 is 5.82 Å². The van der Waals surface area contributed by atoms with Gasteiger partial charge in [-0.15, -0.1) is 0 Å². The van der Waals surface area contributed by atoms with Gasteiger partial charge in [0.05, 0.1) is 10.0 Å². The molecule has 6 heteroatoms. The van der Waals surface area contributed by atoms with E-state index in [0.29, 0.717) is 16.3 Å². The fourth-order valence-corrected chi connectivity index (χ4v) is 4.61. The van der Waals surface area contributed by atoms with E-state index in [-0.39, 0.29) is 11.5 Å². The lowest BCUT2D eigenvalue weighted by atomic mass is 10.2. The van der Waals surface area contributed by atoms with Gasteiger partial charge in [-0.2, -0.15) is 23.5 Å². The highest BCUT2D eigenvalue weighted by molar-refractivity contribution is 9.10. The van der Waals surface area contributed by atoms with Crippen molar-refractivity contribution in [2.75, 3.05) is 23.8 Å². The molecule has 1 heterocycles. The first-order chi connectivity index (χ1) is 8.68. The predicted octanol–water partition coefficient (Wildman–Crippen LogP) is 3.17. The van der Waals surface area contributed by atoms with Crippen LogP contribution in [0.3, 0.4) is 0 Å². The molecule has 1 amide bonds. The summed E-state index contributed by atoms with van der Waals surface area (Å²) in [5.74, 6) is 2.50. The average Bonchev–Trinajstić information content (AvgIpc) is 2.40. The lowest BCUT2D eigenvalue weighted by Crippen LogP contribution is -2.33. The van der Waals surface area contributed by atoms with Gasteiger partial charge in [-0.05, 0) is 28.1 Å². The molecule has 0 spiro atoms. The molecule has 98 valence electrons. The molecule has 1 aromatic rings. The van der Waals surface area contributed by atoms with E-state index >= 15 is 0 Å². The predicted molar refractivity (Wildman–Crippen MR) is 80.0 cm³/mol. The summed E-state index contributed by atoms with van der Waals surface area (Å²) in [5, 5.41) is 3.24. The minimum Gasteiger partial charge on any atom is -0.351 e. The average molecular weight is 350 g/mol. The van der Waals surface area contributed by atoms with E-state index in [1.807, 2.05) is 23.5 Å². The Morgan fingerprint density at radius 3 is 3.06 bits per heavy atom. The molecule has 1 aliphatic heterocycles. The van der Waals surface area contributed by atoms with Crippen LogP contribution in [-0.2, 0) is 0 Å². The van der Waals surface area contributed by atoms with Crippen LogP contribution in [0.1, 0.15) is 10.4 Å². The molecule has 18 heavy (non-hydrogen) atoms. The van der Waals surface area contributed by atoms with Crippen LogP contribution in [-0.4, -0.2) is 35.0 Å². The third-order valence-electron chi connectivity index (χ3n) is 2.57. The monoisotopic (exact) mass is 349 g/mol. The number of benzene rings is 1. The SMILES string of the molecule is O=C(NCC1CSCCS1)c1cccc(Br)c1F.